The Hall–Kier alpha value is -0.470. The smallest absolute Gasteiger partial charge is 0.387 e. The average Bonchev–Trinajstić information content (AvgIpc) is 2.30. The van der Waals surface area contributed by atoms with Gasteiger partial charge in [-0.05, 0) is 0 Å². The van der Waals surface area contributed by atoms with Gasteiger partial charge < -0.3 is 39.8 Å². The number of aliphatic hydroxyl groups excluding tert-OH is 5. The zero-order valence-corrected chi connectivity index (χ0v) is 12.1. The zero-order valence-electron chi connectivity index (χ0n) is 10.3. The molecular formula is C6H14O14P2. The third kappa shape index (κ3) is 7.69. The molecule has 0 aliphatic carbocycles. The fraction of sp³-hybridized carbons (Fsp3) is 0.833. The molecule has 132 valence electrons. The van der Waals surface area contributed by atoms with Crippen molar-refractivity contribution < 1.29 is 68.1 Å². The summed E-state index contributed by atoms with van der Waals surface area (Å²) in [5.41, 5.74) is 0. The van der Waals surface area contributed by atoms with Gasteiger partial charge in [-0.1, -0.05) is 0 Å². The fourth-order valence-corrected chi connectivity index (χ4v) is 1.82. The number of hydrogen-bond donors (Lipinski definition) is 9. The minimum Gasteiger partial charge on any atom is -0.387 e. The van der Waals surface area contributed by atoms with Crippen molar-refractivity contribution >= 4 is 21.6 Å². The van der Waals surface area contributed by atoms with Crippen LogP contribution in [0.25, 0.3) is 0 Å². The van der Waals surface area contributed by atoms with Crippen LogP contribution in [0.3, 0.4) is 0 Å². The van der Waals surface area contributed by atoms with E-state index in [-0.39, 0.29) is 0 Å². The van der Waals surface area contributed by atoms with E-state index >= 15 is 0 Å². The van der Waals surface area contributed by atoms with Crippen LogP contribution >= 0.6 is 15.6 Å². The molecule has 0 aromatic carbocycles. The Morgan fingerprint density at radius 2 is 1.23 bits per heavy atom. The SMILES string of the molecule is O=C(OP(=O)(O)O)[C@H](O)[C@@H](O)[C@H](O)[C@H](O)C(O)OP(=O)(O)O. The molecule has 16 heteroatoms. The minimum absolute atomic E-state index is 2.07. The molecule has 0 aromatic rings. The van der Waals surface area contributed by atoms with E-state index in [2.05, 4.69) is 9.05 Å². The molecule has 0 aliphatic heterocycles. The molecule has 9 N–H and O–H groups in total. The molecule has 22 heavy (non-hydrogen) atoms. The summed E-state index contributed by atoms with van der Waals surface area (Å²) >= 11 is 0. The highest BCUT2D eigenvalue weighted by molar-refractivity contribution is 7.47. The van der Waals surface area contributed by atoms with Gasteiger partial charge in [0, 0.05) is 0 Å². The minimum atomic E-state index is -5.36. The molecule has 0 spiro atoms. The van der Waals surface area contributed by atoms with Gasteiger partial charge in [0.1, 0.15) is 18.3 Å². The number of rotatable bonds is 8. The normalized spacial score (nSPS) is 19.9. The number of carbonyl (C=O) groups excluding carboxylic acids is 1. The van der Waals surface area contributed by atoms with E-state index < -0.39 is 52.3 Å². The van der Waals surface area contributed by atoms with Crippen LogP contribution in [0.1, 0.15) is 0 Å². The molecule has 0 fully saturated rings. The van der Waals surface area contributed by atoms with Gasteiger partial charge in [0.2, 0.25) is 0 Å². The van der Waals surface area contributed by atoms with Crippen molar-refractivity contribution in [2.24, 2.45) is 0 Å². The Morgan fingerprint density at radius 3 is 1.59 bits per heavy atom. The summed E-state index contributed by atoms with van der Waals surface area (Å²) in [4.78, 5) is 44.3. The van der Waals surface area contributed by atoms with Gasteiger partial charge in [-0.3, -0.25) is 14.3 Å². The second kappa shape index (κ2) is 7.88. The second-order valence-electron chi connectivity index (χ2n) is 3.80. The van der Waals surface area contributed by atoms with Gasteiger partial charge in [0.25, 0.3) is 0 Å². The lowest BCUT2D eigenvalue weighted by Gasteiger charge is -2.28. The molecule has 0 amide bonds. The Labute approximate surface area is 121 Å². The molecule has 0 saturated heterocycles. The summed E-state index contributed by atoms with van der Waals surface area (Å²) in [6, 6.07) is 0. The van der Waals surface area contributed by atoms with Gasteiger partial charge in [0.15, 0.2) is 12.4 Å². The first-order valence-corrected chi connectivity index (χ1v) is 8.15. The number of carbonyl (C=O) groups is 1. The third-order valence-electron chi connectivity index (χ3n) is 2.01. The lowest BCUT2D eigenvalue weighted by atomic mass is 10.0. The van der Waals surface area contributed by atoms with E-state index in [0.717, 1.165) is 0 Å². The maximum absolute atomic E-state index is 11.0. The maximum atomic E-state index is 11.0. The topological polar surface area (TPSA) is 252 Å². The molecule has 0 aromatic heterocycles. The maximum Gasteiger partial charge on any atom is 0.527 e. The summed E-state index contributed by atoms with van der Waals surface area (Å²) in [7, 11) is -10.6. The van der Waals surface area contributed by atoms with Crippen molar-refractivity contribution in [1.29, 1.82) is 0 Å². The van der Waals surface area contributed by atoms with E-state index in [1.54, 1.807) is 0 Å². The quantitative estimate of drug-likeness (QED) is 0.144. The van der Waals surface area contributed by atoms with E-state index in [4.69, 9.17) is 29.8 Å². The molecule has 1 unspecified atom stereocenters. The van der Waals surface area contributed by atoms with Crippen molar-refractivity contribution in [2.75, 3.05) is 0 Å². The third-order valence-corrected chi connectivity index (χ3v) is 2.92. The molecule has 5 atom stereocenters. The van der Waals surface area contributed by atoms with Crippen LogP contribution in [-0.4, -0.2) is 81.8 Å². The van der Waals surface area contributed by atoms with Crippen LogP contribution in [0.2, 0.25) is 0 Å². The lowest BCUT2D eigenvalue weighted by Crippen LogP contribution is -2.51. The van der Waals surface area contributed by atoms with Gasteiger partial charge in [0.05, 0.1) is 0 Å². The number of phosphoric ester groups is 2. The lowest BCUT2D eigenvalue weighted by molar-refractivity contribution is -0.189. The summed E-state index contributed by atoms with van der Waals surface area (Å²) in [6.45, 7) is 0. The molecule has 14 nitrogen and oxygen atoms in total. The van der Waals surface area contributed by atoms with Gasteiger partial charge in [-0.25, -0.2) is 13.9 Å². The predicted octanol–water partition coefficient (Wildman–Crippen LogP) is -4.51. The molecule has 0 rings (SSSR count). The standard InChI is InChI=1S/C6H14O14P2/c7-1(3(9)5(11)19-21(13,14)15)2(8)4(10)6(12)20-22(16,17)18/h1-5,7-11H,(H2,13,14,15)(H2,16,17,18)/t1-,2-,3-,4+,5?/m0/s1. The van der Waals surface area contributed by atoms with Gasteiger partial charge >= 0.3 is 21.6 Å². The van der Waals surface area contributed by atoms with Crippen LogP contribution in [0, 0.1) is 0 Å². The highest BCUT2D eigenvalue weighted by atomic mass is 31.2. The Kier molecular flexibility index (Phi) is 7.71. The Morgan fingerprint density at radius 1 is 0.773 bits per heavy atom. The van der Waals surface area contributed by atoms with Crippen molar-refractivity contribution in [3.05, 3.63) is 0 Å². The Bertz CT molecular complexity index is 466. The van der Waals surface area contributed by atoms with Crippen LogP contribution in [0.5, 0.6) is 0 Å². The number of hydrogen-bond acceptors (Lipinski definition) is 10. The monoisotopic (exact) mass is 372 g/mol. The molecule has 0 aliphatic rings. The van der Waals surface area contributed by atoms with E-state index in [1.807, 2.05) is 0 Å². The number of aliphatic hydroxyl groups is 5. The summed E-state index contributed by atoms with van der Waals surface area (Å²) < 4.78 is 27.7. The molecule has 0 radical (unpaired) electrons. The molecule has 0 saturated carbocycles. The van der Waals surface area contributed by atoms with Crippen molar-refractivity contribution in [1.82, 2.24) is 0 Å². The summed E-state index contributed by atoms with van der Waals surface area (Å²) in [5.74, 6) is -2.07. The van der Waals surface area contributed by atoms with Crippen LogP contribution in [0.15, 0.2) is 0 Å². The number of phosphoric acid groups is 2. The highest BCUT2D eigenvalue weighted by Gasteiger charge is 2.41. The second-order valence-corrected chi connectivity index (χ2v) is 6.16. The Balaban J connectivity index is 4.83. The van der Waals surface area contributed by atoms with Crippen LogP contribution in [-0.2, 0) is 23.0 Å². The molecule has 0 heterocycles. The van der Waals surface area contributed by atoms with E-state index in [1.165, 1.54) is 0 Å². The van der Waals surface area contributed by atoms with Crippen molar-refractivity contribution in [3.63, 3.8) is 0 Å². The van der Waals surface area contributed by atoms with Crippen LogP contribution < -0.4 is 0 Å². The van der Waals surface area contributed by atoms with Crippen molar-refractivity contribution in [2.45, 2.75) is 30.7 Å². The largest absolute Gasteiger partial charge is 0.527 e. The van der Waals surface area contributed by atoms with E-state index in [9.17, 15) is 29.2 Å². The summed E-state index contributed by atoms with van der Waals surface area (Å²) in [5, 5.41) is 46.0. The van der Waals surface area contributed by atoms with Crippen LogP contribution in [0.4, 0.5) is 0 Å². The molecular weight excluding hydrogens is 358 g/mol. The average molecular weight is 372 g/mol. The van der Waals surface area contributed by atoms with Gasteiger partial charge in [-0.15, -0.1) is 0 Å². The fourth-order valence-electron chi connectivity index (χ4n) is 1.07. The van der Waals surface area contributed by atoms with Gasteiger partial charge in [-0.2, -0.15) is 0 Å². The molecule has 0 bridgehead atoms. The zero-order chi connectivity index (χ0) is 17.9. The first-order valence-electron chi connectivity index (χ1n) is 5.09. The first kappa shape index (κ1) is 21.5. The van der Waals surface area contributed by atoms with Crippen molar-refractivity contribution in [3.8, 4) is 0 Å². The van der Waals surface area contributed by atoms with E-state index in [0.29, 0.717) is 0 Å². The highest BCUT2D eigenvalue weighted by Crippen LogP contribution is 2.38. The first-order chi connectivity index (χ1) is 9.65. The summed E-state index contributed by atoms with van der Waals surface area (Å²) in [6.07, 6.45) is -13.4. The predicted molar refractivity (Wildman–Crippen MR) is 61.3 cm³/mol.